The number of ether oxygens (including phenoxy) is 1. The topological polar surface area (TPSA) is 84.0 Å². The molecule has 0 bridgehead atoms. The van der Waals surface area contributed by atoms with E-state index in [1.54, 1.807) is 18.3 Å². The Hall–Kier alpha value is -1.82. The summed E-state index contributed by atoms with van der Waals surface area (Å²) in [6, 6.07) is 4.13. The smallest absolute Gasteiger partial charge is 0.192 e. The lowest BCUT2D eigenvalue weighted by molar-refractivity contribution is 0.232. The minimum atomic E-state index is -0.0337. The summed E-state index contributed by atoms with van der Waals surface area (Å²) in [5.74, 6) is 0.520. The zero-order chi connectivity index (χ0) is 13.7. The van der Waals surface area contributed by atoms with Gasteiger partial charge in [-0.3, -0.25) is 0 Å². The molecule has 3 N–H and O–H groups in total. The van der Waals surface area contributed by atoms with Crippen LogP contribution in [0.5, 0.6) is 5.75 Å². The molecule has 0 aromatic carbocycles. The van der Waals surface area contributed by atoms with Gasteiger partial charge in [0.2, 0.25) is 0 Å². The van der Waals surface area contributed by atoms with E-state index in [4.69, 9.17) is 15.7 Å². The summed E-state index contributed by atoms with van der Waals surface area (Å²) in [6.45, 7) is 1.76. The Balaban J connectivity index is 1.92. The van der Waals surface area contributed by atoms with Crippen molar-refractivity contribution in [2.75, 3.05) is 20.2 Å². The van der Waals surface area contributed by atoms with Gasteiger partial charge in [-0.05, 0) is 45.0 Å². The monoisotopic (exact) mass is 264 g/mol. The van der Waals surface area contributed by atoms with Gasteiger partial charge in [-0.2, -0.15) is 0 Å². The van der Waals surface area contributed by atoms with Gasteiger partial charge in [-0.1, -0.05) is 5.16 Å². The van der Waals surface area contributed by atoms with Gasteiger partial charge in [0.05, 0.1) is 6.61 Å². The number of likely N-dealkylation sites (tertiary alicyclic amines) is 1. The second kappa shape index (κ2) is 6.38. The maximum atomic E-state index is 8.71. The first-order valence-electron chi connectivity index (χ1n) is 6.48. The molecule has 1 aliphatic heterocycles. The van der Waals surface area contributed by atoms with Crippen molar-refractivity contribution in [3.63, 3.8) is 0 Å². The van der Waals surface area contributed by atoms with Crippen LogP contribution in [0.15, 0.2) is 23.5 Å². The van der Waals surface area contributed by atoms with Gasteiger partial charge in [-0.25, -0.2) is 4.98 Å². The van der Waals surface area contributed by atoms with Crippen molar-refractivity contribution in [3.05, 3.63) is 24.0 Å². The Kier molecular flexibility index (Phi) is 4.57. The van der Waals surface area contributed by atoms with Crippen LogP contribution >= 0.6 is 0 Å². The molecule has 1 aromatic heterocycles. The summed E-state index contributed by atoms with van der Waals surface area (Å²) >= 11 is 0. The Labute approximate surface area is 112 Å². The molecule has 1 fully saturated rings. The molecule has 6 heteroatoms. The van der Waals surface area contributed by atoms with Gasteiger partial charge in [-0.15, -0.1) is 0 Å². The standard InChI is InChI=1S/C13H20N4O2/c1-17-8-3-4-10(17)6-9-19-11-5-2-7-15-12(11)13(14)16-18/h2,5,7,10,18H,3-4,6,8-9H2,1H3,(H2,14,16). The highest BCUT2D eigenvalue weighted by Gasteiger charge is 2.20. The van der Waals surface area contributed by atoms with Crippen molar-refractivity contribution in [1.29, 1.82) is 0 Å². The van der Waals surface area contributed by atoms with Gasteiger partial charge in [0, 0.05) is 12.2 Å². The third-order valence-corrected chi connectivity index (χ3v) is 3.50. The highest BCUT2D eigenvalue weighted by molar-refractivity contribution is 5.97. The zero-order valence-corrected chi connectivity index (χ0v) is 11.1. The van der Waals surface area contributed by atoms with E-state index in [1.807, 2.05) is 0 Å². The molecule has 1 unspecified atom stereocenters. The third-order valence-electron chi connectivity index (χ3n) is 3.50. The van der Waals surface area contributed by atoms with Crippen molar-refractivity contribution in [2.45, 2.75) is 25.3 Å². The second-order valence-corrected chi connectivity index (χ2v) is 4.75. The summed E-state index contributed by atoms with van der Waals surface area (Å²) in [7, 11) is 2.14. The maximum absolute atomic E-state index is 8.71. The van der Waals surface area contributed by atoms with Crippen LogP contribution in [0.2, 0.25) is 0 Å². The third kappa shape index (κ3) is 3.35. The summed E-state index contributed by atoms with van der Waals surface area (Å²) < 4.78 is 5.71. The van der Waals surface area contributed by atoms with Crippen molar-refractivity contribution in [1.82, 2.24) is 9.88 Å². The maximum Gasteiger partial charge on any atom is 0.192 e. The lowest BCUT2D eigenvalue weighted by atomic mass is 10.1. The van der Waals surface area contributed by atoms with Crippen LogP contribution in [0.25, 0.3) is 0 Å². The molecule has 104 valence electrons. The van der Waals surface area contributed by atoms with Crippen molar-refractivity contribution < 1.29 is 9.94 Å². The lowest BCUT2D eigenvalue weighted by Crippen LogP contribution is -2.26. The fourth-order valence-corrected chi connectivity index (χ4v) is 2.40. The first kappa shape index (κ1) is 13.6. The highest BCUT2D eigenvalue weighted by atomic mass is 16.5. The Morgan fingerprint density at radius 3 is 3.21 bits per heavy atom. The van der Waals surface area contributed by atoms with Crippen LogP contribution in [0, 0.1) is 0 Å². The number of nitrogens with two attached hydrogens (primary N) is 1. The SMILES string of the molecule is CN1CCCC1CCOc1cccnc1/C(N)=N/O. The molecular formula is C13H20N4O2. The summed E-state index contributed by atoms with van der Waals surface area (Å²) in [5.41, 5.74) is 5.94. The fraction of sp³-hybridized carbons (Fsp3) is 0.538. The molecule has 19 heavy (non-hydrogen) atoms. The van der Waals surface area contributed by atoms with Gasteiger partial charge in [0.15, 0.2) is 11.5 Å². The number of nitrogens with zero attached hydrogens (tertiary/aromatic N) is 3. The average Bonchev–Trinajstić information content (AvgIpc) is 2.84. The van der Waals surface area contributed by atoms with Crippen molar-refractivity contribution >= 4 is 5.84 Å². The minimum Gasteiger partial charge on any atom is -0.491 e. The van der Waals surface area contributed by atoms with E-state index >= 15 is 0 Å². The molecule has 1 saturated heterocycles. The molecular weight excluding hydrogens is 244 g/mol. The Morgan fingerprint density at radius 1 is 1.68 bits per heavy atom. The molecule has 2 rings (SSSR count). The first-order chi connectivity index (χ1) is 9.22. The molecule has 0 radical (unpaired) electrons. The number of rotatable bonds is 5. The van der Waals surface area contributed by atoms with Crippen LogP contribution in [-0.4, -0.2) is 47.2 Å². The first-order valence-corrected chi connectivity index (χ1v) is 6.48. The molecule has 1 aromatic rings. The molecule has 1 atom stereocenters. The van der Waals surface area contributed by atoms with Crippen LogP contribution in [0.4, 0.5) is 0 Å². The predicted octanol–water partition coefficient (Wildman–Crippen LogP) is 1.04. The largest absolute Gasteiger partial charge is 0.491 e. The van der Waals surface area contributed by atoms with E-state index in [-0.39, 0.29) is 5.84 Å². The molecule has 2 heterocycles. The van der Waals surface area contributed by atoms with Crippen LogP contribution in [0.3, 0.4) is 0 Å². The number of amidine groups is 1. The quantitative estimate of drug-likeness (QED) is 0.359. The van der Waals surface area contributed by atoms with Crippen molar-refractivity contribution in [3.8, 4) is 5.75 Å². The summed E-state index contributed by atoms with van der Waals surface area (Å²) in [6.07, 6.45) is 5.04. The fourth-order valence-electron chi connectivity index (χ4n) is 2.40. The molecule has 6 nitrogen and oxygen atoms in total. The van der Waals surface area contributed by atoms with Gasteiger partial charge < -0.3 is 20.6 Å². The molecule has 0 saturated carbocycles. The zero-order valence-electron chi connectivity index (χ0n) is 11.1. The van der Waals surface area contributed by atoms with E-state index < -0.39 is 0 Å². The molecule has 1 aliphatic rings. The number of hydrogen-bond donors (Lipinski definition) is 2. The Bertz CT molecular complexity index is 450. The highest BCUT2D eigenvalue weighted by Crippen LogP contribution is 2.19. The van der Waals surface area contributed by atoms with Gasteiger partial charge in [0.25, 0.3) is 0 Å². The average molecular weight is 264 g/mol. The number of aromatic nitrogens is 1. The van der Waals surface area contributed by atoms with Gasteiger partial charge in [0.1, 0.15) is 5.75 Å². The predicted molar refractivity (Wildman–Crippen MR) is 72.5 cm³/mol. The molecule has 0 aliphatic carbocycles. The van der Waals surface area contributed by atoms with Crippen molar-refractivity contribution in [2.24, 2.45) is 10.9 Å². The normalized spacial score (nSPS) is 20.7. The van der Waals surface area contributed by atoms with E-state index in [1.165, 1.54) is 12.8 Å². The van der Waals surface area contributed by atoms with E-state index in [2.05, 4.69) is 22.1 Å². The van der Waals surface area contributed by atoms with Crippen LogP contribution in [-0.2, 0) is 0 Å². The summed E-state index contributed by atoms with van der Waals surface area (Å²) in [5, 5.41) is 11.7. The molecule has 0 amide bonds. The Morgan fingerprint density at radius 2 is 2.53 bits per heavy atom. The number of hydrogen-bond acceptors (Lipinski definition) is 5. The van der Waals surface area contributed by atoms with E-state index in [0.29, 0.717) is 24.1 Å². The lowest BCUT2D eigenvalue weighted by Gasteiger charge is -2.19. The van der Waals surface area contributed by atoms with Crippen LogP contribution in [0.1, 0.15) is 25.0 Å². The second-order valence-electron chi connectivity index (χ2n) is 4.75. The number of oxime groups is 1. The van der Waals surface area contributed by atoms with Gasteiger partial charge >= 0.3 is 0 Å². The van der Waals surface area contributed by atoms with E-state index in [9.17, 15) is 0 Å². The number of pyridine rings is 1. The molecule has 0 spiro atoms. The van der Waals surface area contributed by atoms with Crippen LogP contribution < -0.4 is 10.5 Å². The minimum absolute atomic E-state index is 0.0337. The summed E-state index contributed by atoms with van der Waals surface area (Å²) in [4.78, 5) is 6.42. The van der Waals surface area contributed by atoms with E-state index in [0.717, 1.165) is 13.0 Å².